The van der Waals surface area contributed by atoms with E-state index in [9.17, 15) is 13.5 Å². The summed E-state index contributed by atoms with van der Waals surface area (Å²) in [6, 6.07) is 4.89. The normalized spacial score (nSPS) is 20.2. The van der Waals surface area contributed by atoms with Gasteiger partial charge < -0.3 is 10.8 Å². The Morgan fingerprint density at radius 3 is 2.72 bits per heavy atom. The molecule has 2 aromatic heterocycles. The van der Waals surface area contributed by atoms with Crippen LogP contribution in [-0.2, 0) is 10.0 Å². The molecule has 4 rings (SSSR count). The Morgan fingerprint density at radius 1 is 1.28 bits per heavy atom. The number of nitrogen functional groups attached to an aromatic ring is 1. The van der Waals surface area contributed by atoms with E-state index in [0.29, 0.717) is 35.9 Å². The van der Waals surface area contributed by atoms with Gasteiger partial charge in [-0.1, -0.05) is 6.07 Å². The maximum atomic E-state index is 13.0. The Morgan fingerprint density at radius 2 is 2.00 bits per heavy atom. The SMILES string of the molecule is Cc1ccc(S(=O)(=O)NC2CCC(O)CC2)cc1-c1cnc2c(N)nc(Br)cn12. The molecule has 0 unspecified atom stereocenters. The Balaban J connectivity index is 1.72. The third-order valence-corrected chi connectivity index (χ3v) is 7.20. The van der Waals surface area contributed by atoms with Gasteiger partial charge in [-0.2, -0.15) is 0 Å². The fourth-order valence-corrected chi connectivity index (χ4v) is 5.43. The lowest BCUT2D eigenvalue weighted by Crippen LogP contribution is -2.38. The highest BCUT2D eigenvalue weighted by molar-refractivity contribution is 9.10. The quantitative estimate of drug-likeness (QED) is 0.528. The van der Waals surface area contributed by atoms with Crippen molar-refractivity contribution in [2.75, 3.05) is 5.73 Å². The van der Waals surface area contributed by atoms with Gasteiger partial charge in [0.25, 0.3) is 0 Å². The molecule has 0 spiro atoms. The lowest BCUT2D eigenvalue weighted by molar-refractivity contribution is 0.120. The second-order valence-electron chi connectivity index (χ2n) is 7.39. The summed E-state index contributed by atoms with van der Waals surface area (Å²) in [5.41, 5.74) is 8.85. The predicted molar refractivity (Wildman–Crippen MR) is 114 cm³/mol. The maximum Gasteiger partial charge on any atom is 0.240 e. The first-order valence-electron chi connectivity index (χ1n) is 9.35. The average Bonchev–Trinajstić information content (AvgIpc) is 3.07. The highest BCUT2D eigenvalue weighted by atomic mass is 79.9. The third kappa shape index (κ3) is 4.02. The second kappa shape index (κ2) is 7.67. The molecule has 10 heteroatoms. The summed E-state index contributed by atoms with van der Waals surface area (Å²) in [4.78, 5) is 8.68. The molecule has 1 fully saturated rings. The van der Waals surface area contributed by atoms with Crippen LogP contribution in [0.15, 0.2) is 40.1 Å². The minimum atomic E-state index is -3.68. The first-order chi connectivity index (χ1) is 13.7. The molecule has 0 atom stereocenters. The van der Waals surface area contributed by atoms with Crippen molar-refractivity contribution in [1.82, 2.24) is 19.1 Å². The zero-order valence-corrected chi connectivity index (χ0v) is 18.2. The van der Waals surface area contributed by atoms with Crippen LogP contribution in [0, 0.1) is 6.92 Å². The number of nitrogens with two attached hydrogens (primary N) is 1. The highest BCUT2D eigenvalue weighted by Crippen LogP contribution is 2.29. The number of halogens is 1. The molecule has 4 N–H and O–H groups in total. The molecule has 3 aromatic rings. The molecule has 0 aliphatic heterocycles. The van der Waals surface area contributed by atoms with Crippen LogP contribution in [0.2, 0.25) is 0 Å². The number of aliphatic hydroxyl groups is 1. The Labute approximate surface area is 177 Å². The number of imidazole rings is 1. The monoisotopic (exact) mass is 479 g/mol. The number of nitrogens with one attached hydrogen (secondary N) is 1. The number of sulfonamides is 1. The molecule has 0 saturated heterocycles. The van der Waals surface area contributed by atoms with Gasteiger partial charge in [0.2, 0.25) is 10.0 Å². The largest absolute Gasteiger partial charge is 0.393 e. The zero-order valence-electron chi connectivity index (χ0n) is 15.8. The van der Waals surface area contributed by atoms with Crippen LogP contribution in [-0.4, -0.2) is 40.0 Å². The molecule has 29 heavy (non-hydrogen) atoms. The summed E-state index contributed by atoms with van der Waals surface area (Å²) in [6.07, 6.45) is 5.56. The van der Waals surface area contributed by atoms with Crippen molar-refractivity contribution in [2.24, 2.45) is 0 Å². The Bertz CT molecular complexity index is 1170. The lowest BCUT2D eigenvalue weighted by atomic mass is 9.94. The van der Waals surface area contributed by atoms with Crippen LogP contribution < -0.4 is 10.5 Å². The highest BCUT2D eigenvalue weighted by Gasteiger charge is 2.25. The van der Waals surface area contributed by atoms with Gasteiger partial charge in [-0.15, -0.1) is 0 Å². The first kappa shape index (κ1) is 20.3. The van der Waals surface area contributed by atoms with E-state index >= 15 is 0 Å². The van der Waals surface area contributed by atoms with Gasteiger partial charge in [-0.3, -0.25) is 4.40 Å². The topological polar surface area (TPSA) is 123 Å². The Hall–Kier alpha value is -2.01. The van der Waals surface area contributed by atoms with Crippen LogP contribution in [0.1, 0.15) is 31.2 Å². The molecule has 1 aliphatic carbocycles. The summed E-state index contributed by atoms with van der Waals surface area (Å²) in [5, 5.41) is 9.64. The molecule has 0 amide bonds. The smallest absolute Gasteiger partial charge is 0.240 e. The fraction of sp³-hybridized carbons (Fsp3) is 0.368. The van der Waals surface area contributed by atoms with Crippen molar-refractivity contribution in [3.63, 3.8) is 0 Å². The molecule has 1 aliphatic rings. The molecule has 8 nitrogen and oxygen atoms in total. The number of nitrogens with zero attached hydrogens (tertiary/aromatic N) is 3. The lowest BCUT2D eigenvalue weighted by Gasteiger charge is -2.26. The third-order valence-electron chi connectivity index (χ3n) is 5.30. The molecular formula is C19H22BrN5O3S. The minimum absolute atomic E-state index is 0.161. The first-order valence-corrected chi connectivity index (χ1v) is 11.6. The van der Waals surface area contributed by atoms with Crippen LogP contribution in [0.25, 0.3) is 16.9 Å². The van der Waals surface area contributed by atoms with Gasteiger partial charge in [-0.05, 0) is 66.2 Å². The predicted octanol–water partition coefficient (Wildman–Crippen LogP) is 2.63. The molecule has 0 bridgehead atoms. The standard InChI is InChI=1S/C19H22BrN5O3S/c1-11-2-7-14(29(27,28)24-12-3-5-13(26)6-4-12)8-15(11)16-9-22-19-18(21)23-17(20)10-25(16)19/h2,7-10,12-13,24,26H,3-6H2,1H3,(H2,21,23). The van der Waals surface area contributed by atoms with Crippen LogP contribution in [0.4, 0.5) is 5.82 Å². The molecule has 154 valence electrons. The number of aryl methyl sites for hydroxylation is 1. The van der Waals surface area contributed by atoms with E-state index in [-0.39, 0.29) is 22.9 Å². The van der Waals surface area contributed by atoms with Gasteiger partial charge in [0, 0.05) is 17.8 Å². The summed E-state index contributed by atoms with van der Waals surface area (Å²) < 4.78 is 31.0. The van der Waals surface area contributed by atoms with Crippen molar-refractivity contribution in [2.45, 2.75) is 49.6 Å². The van der Waals surface area contributed by atoms with E-state index in [1.165, 1.54) is 0 Å². The summed E-state index contributed by atoms with van der Waals surface area (Å²) in [7, 11) is -3.68. The summed E-state index contributed by atoms with van der Waals surface area (Å²) >= 11 is 3.34. The summed E-state index contributed by atoms with van der Waals surface area (Å²) in [6.45, 7) is 1.92. The van der Waals surface area contributed by atoms with E-state index < -0.39 is 10.0 Å². The number of hydrogen-bond acceptors (Lipinski definition) is 6. The molecule has 1 aromatic carbocycles. The fourth-order valence-electron chi connectivity index (χ4n) is 3.71. The number of anilines is 1. The van der Waals surface area contributed by atoms with Crippen LogP contribution in [0.3, 0.4) is 0 Å². The Kier molecular flexibility index (Phi) is 5.36. The minimum Gasteiger partial charge on any atom is -0.393 e. The van der Waals surface area contributed by atoms with Crippen LogP contribution in [0.5, 0.6) is 0 Å². The van der Waals surface area contributed by atoms with Gasteiger partial charge in [0.05, 0.1) is 22.9 Å². The molecule has 0 radical (unpaired) electrons. The number of rotatable bonds is 4. The van der Waals surface area contributed by atoms with E-state index in [0.717, 1.165) is 16.8 Å². The molecular weight excluding hydrogens is 458 g/mol. The van der Waals surface area contributed by atoms with Crippen molar-refractivity contribution in [3.05, 3.63) is 40.8 Å². The van der Waals surface area contributed by atoms with Gasteiger partial charge in [0.1, 0.15) is 4.60 Å². The number of aromatic nitrogens is 3. The van der Waals surface area contributed by atoms with E-state index in [1.807, 2.05) is 6.92 Å². The average molecular weight is 480 g/mol. The van der Waals surface area contributed by atoms with Crippen molar-refractivity contribution < 1.29 is 13.5 Å². The van der Waals surface area contributed by atoms with E-state index in [1.54, 1.807) is 35.0 Å². The number of benzene rings is 1. The summed E-state index contributed by atoms with van der Waals surface area (Å²) in [5.74, 6) is 0.285. The number of hydrogen-bond donors (Lipinski definition) is 3. The van der Waals surface area contributed by atoms with Gasteiger partial charge in [-0.25, -0.2) is 23.1 Å². The zero-order chi connectivity index (χ0) is 20.8. The maximum absolute atomic E-state index is 13.0. The van der Waals surface area contributed by atoms with Crippen molar-refractivity contribution >= 4 is 37.4 Å². The van der Waals surface area contributed by atoms with Crippen molar-refractivity contribution in [1.29, 1.82) is 0 Å². The second-order valence-corrected chi connectivity index (χ2v) is 9.92. The van der Waals surface area contributed by atoms with E-state index in [4.69, 9.17) is 5.73 Å². The van der Waals surface area contributed by atoms with Gasteiger partial charge >= 0.3 is 0 Å². The van der Waals surface area contributed by atoms with Crippen molar-refractivity contribution in [3.8, 4) is 11.3 Å². The van der Waals surface area contributed by atoms with Gasteiger partial charge in [0.15, 0.2) is 11.5 Å². The molecule has 1 saturated carbocycles. The number of fused-ring (bicyclic) bond motifs is 1. The molecule has 2 heterocycles. The van der Waals surface area contributed by atoms with Crippen LogP contribution >= 0.6 is 15.9 Å². The number of aliphatic hydroxyl groups excluding tert-OH is 1. The van der Waals surface area contributed by atoms with E-state index in [2.05, 4.69) is 30.6 Å².